The lowest BCUT2D eigenvalue weighted by Crippen LogP contribution is -2.29. The van der Waals surface area contributed by atoms with Crippen molar-refractivity contribution in [2.75, 3.05) is 0 Å². The second-order valence-corrected chi connectivity index (χ2v) is 6.35. The van der Waals surface area contributed by atoms with Crippen molar-refractivity contribution in [2.24, 2.45) is 0 Å². The van der Waals surface area contributed by atoms with Crippen molar-refractivity contribution >= 4 is 38.4 Å². The number of hydrogen-bond acceptors (Lipinski definition) is 4. The number of halogens is 1. The first-order valence-corrected chi connectivity index (χ1v) is 7.19. The van der Waals surface area contributed by atoms with E-state index in [4.69, 9.17) is 0 Å². The lowest BCUT2D eigenvalue weighted by molar-refractivity contribution is 0.720. The van der Waals surface area contributed by atoms with E-state index in [0.717, 1.165) is 8.66 Å². The van der Waals surface area contributed by atoms with Crippen molar-refractivity contribution in [3.05, 3.63) is 36.8 Å². The van der Waals surface area contributed by atoms with Crippen molar-refractivity contribution in [1.82, 2.24) is 19.5 Å². The van der Waals surface area contributed by atoms with Crippen molar-refractivity contribution in [3.63, 3.8) is 0 Å². The Bertz CT molecular complexity index is 873. The second kappa shape index (κ2) is 4.46. The minimum Gasteiger partial charge on any atom is -0.331 e. The fourth-order valence-corrected chi connectivity index (χ4v) is 3.22. The first kappa shape index (κ1) is 12.4. The third-order valence-corrected chi connectivity index (χ3v) is 4.39. The van der Waals surface area contributed by atoms with Gasteiger partial charge < -0.3 is 4.98 Å². The van der Waals surface area contributed by atoms with Gasteiger partial charge in [0, 0.05) is 6.54 Å². The molecule has 0 aliphatic rings. The molecule has 0 bridgehead atoms. The lowest BCUT2D eigenvalue weighted by atomic mass is 10.4. The number of hydrogen-bond donors (Lipinski definition) is 2. The van der Waals surface area contributed by atoms with Gasteiger partial charge in [-0.3, -0.25) is 14.3 Å². The van der Waals surface area contributed by atoms with Crippen molar-refractivity contribution in [1.29, 1.82) is 0 Å². The molecule has 0 aliphatic heterocycles. The third-order valence-electron chi connectivity index (χ3n) is 2.76. The van der Waals surface area contributed by atoms with Crippen LogP contribution in [0.5, 0.6) is 0 Å². The number of imidazole rings is 1. The Morgan fingerprint density at radius 3 is 2.79 bits per heavy atom. The molecule has 0 amide bonds. The summed E-state index contributed by atoms with van der Waals surface area (Å²) in [5, 5.41) is 0. The van der Waals surface area contributed by atoms with Crippen LogP contribution in [0.3, 0.4) is 0 Å². The van der Waals surface area contributed by atoms with Gasteiger partial charge in [0.2, 0.25) is 0 Å². The largest absolute Gasteiger partial charge is 0.331 e. The summed E-state index contributed by atoms with van der Waals surface area (Å²) in [5.41, 5.74) is -0.179. The molecule has 0 radical (unpaired) electrons. The number of aromatic nitrogens is 4. The van der Waals surface area contributed by atoms with Gasteiger partial charge in [-0.05, 0) is 35.0 Å². The van der Waals surface area contributed by atoms with Gasteiger partial charge in [-0.25, -0.2) is 9.78 Å². The van der Waals surface area contributed by atoms with E-state index in [0.29, 0.717) is 23.5 Å². The number of aromatic amines is 2. The Balaban J connectivity index is 2.34. The molecule has 19 heavy (non-hydrogen) atoms. The van der Waals surface area contributed by atoms with Gasteiger partial charge >= 0.3 is 5.69 Å². The molecule has 0 saturated heterocycles. The predicted octanol–water partition coefficient (Wildman–Crippen LogP) is 1.92. The zero-order valence-electron chi connectivity index (χ0n) is 9.86. The van der Waals surface area contributed by atoms with Gasteiger partial charge in [0.1, 0.15) is 5.52 Å². The standard InChI is InChI=1S/C11H9BrN4O2S/c1-2-16-9-7(10(17)15-11(16)18)13-8(14-9)5-3-4-6(12)19-5/h3-4H,2H2,1H3,(H,13,14)(H,15,17,18). The van der Waals surface area contributed by atoms with Crippen LogP contribution in [0.2, 0.25) is 0 Å². The van der Waals surface area contributed by atoms with E-state index in [9.17, 15) is 9.59 Å². The highest BCUT2D eigenvalue weighted by Crippen LogP contribution is 2.29. The van der Waals surface area contributed by atoms with Crippen LogP contribution in [-0.4, -0.2) is 19.5 Å². The van der Waals surface area contributed by atoms with Gasteiger partial charge in [0.05, 0.1) is 8.66 Å². The van der Waals surface area contributed by atoms with Crippen molar-refractivity contribution < 1.29 is 0 Å². The Morgan fingerprint density at radius 2 is 2.16 bits per heavy atom. The molecule has 3 aromatic rings. The molecule has 98 valence electrons. The Morgan fingerprint density at radius 1 is 1.37 bits per heavy atom. The lowest BCUT2D eigenvalue weighted by Gasteiger charge is -1.99. The summed E-state index contributed by atoms with van der Waals surface area (Å²) in [6.07, 6.45) is 0. The highest BCUT2D eigenvalue weighted by molar-refractivity contribution is 9.11. The first-order chi connectivity index (χ1) is 9.10. The maximum atomic E-state index is 11.8. The van der Waals surface area contributed by atoms with E-state index in [1.165, 1.54) is 15.9 Å². The van der Waals surface area contributed by atoms with Gasteiger partial charge in [0.15, 0.2) is 11.5 Å². The molecular formula is C11H9BrN4O2S. The molecule has 0 spiro atoms. The molecule has 0 saturated carbocycles. The summed E-state index contributed by atoms with van der Waals surface area (Å²) >= 11 is 4.88. The van der Waals surface area contributed by atoms with E-state index in [1.54, 1.807) is 0 Å². The van der Waals surface area contributed by atoms with Gasteiger partial charge in [-0.15, -0.1) is 11.3 Å². The summed E-state index contributed by atoms with van der Waals surface area (Å²) in [6.45, 7) is 2.28. The topological polar surface area (TPSA) is 83.5 Å². The number of nitrogens with one attached hydrogen (secondary N) is 2. The average molecular weight is 341 g/mol. The van der Waals surface area contributed by atoms with Crippen LogP contribution in [0, 0.1) is 0 Å². The van der Waals surface area contributed by atoms with Crippen LogP contribution >= 0.6 is 27.3 Å². The maximum Gasteiger partial charge on any atom is 0.330 e. The van der Waals surface area contributed by atoms with Gasteiger partial charge in [-0.1, -0.05) is 0 Å². The number of nitrogens with zero attached hydrogens (tertiary/aromatic N) is 2. The smallest absolute Gasteiger partial charge is 0.330 e. The molecule has 0 aliphatic carbocycles. The normalized spacial score (nSPS) is 11.3. The monoisotopic (exact) mass is 340 g/mol. The maximum absolute atomic E-state index is 11.8. The summed E-state index contributed by atoms with van der Waals surface area (Å²) in [6, 6.07) is 3.80. The molecule has 8 heteroatoms. The quantitative estimate of drug-likeness (QED) is 0.747. The van der Waals surface area contributed by atoms with Crippen LogP contribution in [-0.2, 0) is 6.54 Å². The van der Waals surface area contributed by atoms with E-state index in [2.05, 4.69) is 30.9 Å². The molecular weight excluding hydrogens is 332 g/mol. The van der Waals surface area contributed by atoms with E-state index in [-0.39, 0.29) is 0 Å². The molecule has 0 fully saturated rings. The fourth-order valence-electron chi connectivity index (χ4n) is 1.89. The van der Waals surface area contributed by atoms with Crippen LogP contribution in [0.1, 0.15) is 6.92 Å². The zero-order valence-corrected chi connectivity index (χ0v) is 12.3. The molecule has 0 atom stereocenters. The highest BCUT2D eigenvalue weighted by atomic mass is 79.9. The third kappa shape index (κ3) is 1.96. The van der Waals surface area contributed by atoms with Crippen LogP contribution in [0.15, 0.2) is 25.5 Å². The van der Waals surface area contributed by atoms with E-state index >= 15 is 0 Å². The van der Waals surface area contributed by atoms with Gasteiger partial charge in [0.25, 0.3) is 5.56 Å². The Labute approximate surface area is 119 Å². The molecule has 2 N–H and O–H groups in total. The number of H-pyrrole nitrogens is 2. The molecule has 3 aromatic heterocycles. The molecule has 0 unspecified atom stereocenters. The SMILES string of the molecule is CCn1c(=O)[nH]c(=O)c2[nH]c(-c3ccc(Br)s3)nc21. The van der Waals surface area contributed by atoms with Crippen molar-refractivity contribution in [3.8, 4) is 10.7 Å². The predicted molar refractivity (Wildman–Crippen MR) is 77.7 cm³/mol. The van der Waals surface area contributed by atoms with E-state index < -0.39 is 11.2 Å². The fraction of sp³-hybridized carbons (Fsp3) is 0.182. The number of fused-ring (bicyclic) bond motifs is 1. The molecule has 0 aromatic carbocycles. The number of rotatable bonds is 2. The highest BCUT2D eigenvalue weighted by Gasteiger charge is 2.13. The summed E-state index contributed by atoms with van der Waals surface area (Å²) in [4.78, 5) is 34.0. The second-order valence-electron chi connectivity index (χ2n) is 3.89. The Kier molecular flexibility index (Phi) is 2.90. The number of aryl methyl sites for hydroxylation is 1. The van der Waals surface area contributed by atoms with Gasteiger partial charge in [-0.2, -0.15) is 0 Å². The number of thiophene rings is 1. The van der Waals surface area contributed by atoms with E-state index in [1.807, 2.05) is 19.1 Å². The van der Waals surface area contributed by atoms with Crippen LogP contribution in [0.25, 0.3) is 21.9 Å². The van der Waals surface area contributed by atoms with Crippen LogP contribution in [0.4, 0.5) is 0 Å². The Hall–Kier alpha value is -1.67. The zero-order chi connectivity index (χ0) is 13.6. The average Bonchev–Trinajstić information content (AvgIpc) is 2.96. The van der Waals surface area contributed by atoms with Crippen LogP contribution < -0.4 is 11.2 Å². The minimum atomic E-state index is -0.445. The molecule has 3 rings (SSSR count). The summed E-state index contributed by atoms with van der Waals surface area (Å²) < 4.78 is 2.41. The minimum absolute atomic E-state index is 0.320. The van der Waals surface area contributed by atoms with Crippen molar-refractivity contribution in [2.45, 2.75) is 13.5 Å². The molecule has 6 nitrogen and oxygen atoms in total. The first-order valence-electron chi connectivity index (χ1n) is 5.58. The summed E-state index contributed by atoms with van der Waals surface area (Å²) in [7, 11) is 0. The molecule has 3 heterocycles. The summed E-state index contributed by atoms with van der Waals surface area (Å²) in [5.74, 6) is 0.587.